The molecule has 1 aromatic rings. The zero-order valence-electron chi connectivity index (χ0n) is 12.0. The third-order valence-corrected chi connectivity index (χ3v) is 4.75. The number of carbonyl (C=O) groups is 2. The molecule has 5 heteroatoms. The normalized spacial score (nSPS) is 22.0. The Morgan fingerprint density at radius 2 is 1.62 bits per heavy atom. The summed E-state index contributed by atoms with van der Waals surface area (Å²) in [7, 11) is 0. The molecular weight excluding hydrogens is 381 g/mol. The van der Waals surface area contributed by atoms with Crippen molar-refractivity contribution in [3.63, 3.8) is 0 Å². The highest BCUT2D eigenvalue weighted by Gasteiger charge is 2.37. The minimum absolute atomic E-state index is 0.213. The monoisotopic (exact) mass is 399 g/mol. The van der Waals surface area contributed by atoms with Crippen molar-refractivity contribution in [2.75, 3.05) is 5.32 Å². The fourth-order valence-electron chi connectivity index (χ4n) is 2.60. The summed E-state index contributed by atoms with van der Waals surface area (Å²) in [6.07, 6.45) is 0.963. The highest BCUT2D eigenvalue weighted by molar-refractivity contribution is 14.1. The molecule has 0 unspecified atom stereocenters. The van der Waals surface area contributed by atoms with Crippen molar-refractivity contribution in [2.45, 2.75) is 26.7 Å². The molecule has 21 heavy (non-hydrogen) atoms. The number of benzene rings is 1. The number of hydrogen-bond donors (Lipinski definition) is 2. The second-order valence-corrected chi connectivity index (χ2v) is 6.76. The Bertz CT molecular complexity index is 592. The molecule has 1 aliphatic rings. The molecule has 0 aliphatic heterocycles. The molecule has 0 saturated carbocycles. The van der Waals surface area contributed by atoms with E-state index in [9.17, 15) is 14.7 Å². The first-order valence-electron chi connectivity index (χ1n) is 6.83. The molecule has 1 aromatic carbocycles. The van der Waals surface area contributed by atoms with Crippen LogP contribution in [0, 0.1) is 15.4 Å². The molecule has 0 bridgehead atoms. The molecule has 0 heterocycles. The van der Waals surface area contributed by atoms with Crippen LogP contribution in [-0.2, 0) is 9.59 Å². The van der Waals surface area contributed by atoms with Crippen LogP contribution in [-0.4, -0.2) is 17.0 Å². The molecule has 0 radical (unpaired) electrons. The Kier molecular flexibility index (Phi) is 5.03. The number of allylic oxidation sites excluding steroid dienone is 2. The lowest BCUT2D eigenvalue weighted by molar-refractivity contribution is -0.146. The molecule has 1 amide bonds. The van der Waals surface area contributed by atoms with E-state index in [-0.39, 0.29) is 5.91 Å². The maximum Gasteiger partial charge on any atom is 0.307 e. The van der Waals surface area contributed by atoms with Gasteiger partial charge in [0, 0.05) is 9.26 Å². The van der Waals surface area contributed by atoms with Crippen molar-refractivity contribution in [3.8, 4) is 0 Å². The summed E-state index contributed by atoms with van der Waals surface area (Å²) in [5.41, 5.74) is 2.91. The average molecular weight is 399 g/mol. The first-order chi connectivity index (χ1) is 9.88. The summed E-state index contributed by atoms with van der Waals surface area (Å²) in [5, 5.41) is 12.2. The maximum atomic E-state index is 12.4. The van der Waals surface area contributed by atoms with Gasteiger partial charge in [-0.3, -0.25) is 9.59 Å². The molecule has 0 aromatic heterocycles. The van der Waals surface area contributed by atoms with Gasteiger partial charge in [0.05, 0.1) is 11.8 Å². The number of carboxylic acid groups (broad SMARTS) is 1. The van der Waals surface area contributed by atoms with Crippen LogP contribution in [0.15, 0.2) is 35.4 Å². The summed E-state index contributed by atoms with van der Waals surface area (Å²) in [6, 6.07) is 7.46. The molecule has 112 valence electrons. The number of rotatable bonds is 3. The Hall–Kier alpha value is -1.37. The minimum Gasteiger partial charge on any atom is -0.481 e. The molecule has 2 atom stereocenters. The maximum absolute atomic E-state index is 12.4. The SMILES string of the molecule is CC1=C(C)C[C@@H](C(=O)Nc2ccc(I)cc2)[C@@H](C(=O)O)C1. The lowest BCUT2D eigenvalue weighted by atomic mass is 9.76. The number of anilines is 1. The first-order valence-corrected chi connectivity index (χ1v) is 7.91. The van der Waals surface area contributed by atoms with Gasteiger partial charge in [-0.05, 0) is 73.5 Å². The zero-order valence-corrected chi connectivity index (χ0v) is 14.2. The number of hydrogen-bond acceptors (Lipinski definition) is 2. The summed E-state index contributed by atoms with van der Waals surface area (Å²) >= 11 is 2.19. The van der Waals surface area contributed by atoms with Crippen LogP contribution in [0.5, 0.6) is 0 Å². The Labute approximate surface area is 137 Å². The second-order valence-electron chi connectivity index (χ2n) is 5.52. The summed E-state index contributed by atoms with van der Waals surface area (Å²) in [4.78, 5) is 23.8. The predicted octanol–water partition coefficient (Wildman–Crippen LogP) is 3.68. The summed E-state index contributed by atoms with van der Waals surface area (Å²) in [5.74, 6) is -2.26. The topological polar surface area (TPSA) is 66.4 Å². The van der Waals surface area contributed by atoms with E-state index in [0.717, 1.165) is 14.7 Å². The quantitative estimate of drug-likeness (QED) is 0.602. The highest BCUT2D eigenvalue weighted by atomic mass is 127. The number of carboxylic acids is 1. The van der Waals surface area contributed by atoms with E-state index in [1.807, 2.05) is 38.1 Å². The van der Waals surface area contributed by atoms with Gasteiger partial charge in [-0.25, -0.2) is 0 Å². The number of nitrogens with one attached hydrogen (secondary N) is 1. The minimum atomic E-state index is -0.899. The lowest BCUT2D eigenvalue weighted by Crippen LogP contribution is -2.36. The number of halogens is 1. The summed E-state index contributed by atoms with van der Waals surface area (Å²) in [6.45, 7) is 3.91. The number of carbonyl (C=O) groups excluding carboxylic acids is 1. The van der Waals surface area contributed by atoms with Gasteiger partial charge < -0.3 is 10.4 Å². The Morgan fingerprint density at radius 1 is 1.10 bits per heavy atom. The molecule has 2 N–H and O–H groups in total. The van der Waals surface area contributed by atoms with Gasteiger partial charge >= 0.3 is 5.97 Å². The van der Waals surface area contributed by atoms with Gasteiger partial charge in [0.1, 0.15) is 0 Å². The fraction of sp³-hybridized carbons (Fsp3) is 0.375. The van der Waals surface area contributed by atoms with Gasteiger partial charge in [0.15, 0.2) is 0 Å². The van der Waals surface area contributed by atoms with Crippen LogP contribution in [0.3, 0.4) is 0 Å². The largest absolute Gasteiger partial charge is 0.481 e. The Balaban J connectivity index is 2.16. The van der Waals surface area contributed by atoms with E-state index < -0.39 is 17.8 Å². The van der Waals surface area contributed by atoms with Gasteiger partial charge in [-0.15, -0.1) is 0 Å². The second kappa shape index (κ2) is 6.60. The van der Waals surface area contributed by atoms with Crippen molar-refractivity contribution in [1.29, 1.82) is 0 Å². The molecule has 0 saturated heterocycles. The van der Waals surface area contributed by atoms with Crippen molar-refractivity contribution < 1.29 is 14.7 Å². The van der Waals surface area contributed by atoms with Crippen LogP contribution in [0.2, 0.25) is 0 Å². The van der Waals surface area contributed by atoms with Crippen LogP contribution >= 0.6 is 22.6 Å². The highest BCUT2D eigenvalue weighted by Crippen LogP contribution is 2.35. The van der Waals surface area contributed by atoms with Gasteiger partial charge in [-0.1, -0.05) is 11.1 Å². The average Bonchev–Trinajstić information content (AvgIpc) is 2.43. The van der Waals surface area contributed by atoms with E-state index in [0.29, 0.717) is 18.5 Å². The standard InChI is InChI=1S/C16H18INO3/c1-9-7-13(14(16(20)21)8-10(9)2)15(19)18-12-5-3-11(17)4-6-12/h3-6,13-14H,7-8H2,1-2H3,(H,18,19)(H,20,21)/t13-,14+/m1/s1. The molecule has 0 spiro atoms. The molecule has 0 fully saturated rings. The number of aliphatic carboxylic acids is 1. The van der Waals surface area contributed by atoms with E-state index in [1.165, 1.54) is 0 Å². The first kappa shape index (κ1) is 16.0. The smallest absolute Gasteiger partial charge is 0.307 e. The Morgan fingerprint density at radius 3 is 2.14 bits per heavy atom. The van der Waals surface area contributed by atoms with E-state index in [4.69, 9.17) is 0 Å². The third-order valence-electron chi connectivity index (χ3n) is 4.03. The van der Waals surface area contributed by atoms with Crippen LogP contribution in [0.25, 0.3) is 0 Å². The fourth-order valence-corrected chi connectivity index (χ4v) is 2.96. The van der Waals surface area contributed by atoms with E-state index >= 15 is 0 Å². The van der Waals surface area contributed by atoms with Crippen LogP contribution in [0.4, 0.5) is 5.69 Å². The van der Waals surface area contributed by atoms with Crippen molar-refractivity contribution in [1.82, 2.24) is 0 Å². The van der Waals surface area contributed by atoms with Crippen LogP contribution < -0.4 is 5.32 Å². The lowest BCUT2D eigenvalue weighted by Gasteiger charge is -2.29. The van der Waals surface area contributed by atoms with Crippen molar-refractivity contribution in [2.24, 2.45) is 11.8 Å². The third kappa shape index (κ3) is 3.84. The molecule has 1 aliphatic carbocycles. The predicted molar refractivity (Wildman–Crippen MR) is 90.0 cm³/mol. The molecular formula is C16H18INO3. The zero-order chi connectivity index (χ0) is 15.6. The van der Waals surface area contributed by atoms with Gasteiger partial charge in [-0.2, -0.15) is 0 Å². The van der Waals surface area contributed by atoms with Gasteiger partial charge in [0.2, 0.25) is 5.91 Å². The van der Waals surface area contributed by atoms with Crippen LogP contribution in [0.1, 0.15) is 26.7 Å². The van der Waals surface area contributed by atoms with E-state index in [1.54, 1.807) is 0 Å². The molecule has 4 nitrogen and oxygen atoms in total. The van der Waals surface area contributed by atoms with Crippen molar-refractivity contribution >= 4 is 40.2 Å². The summed E-state index contributed by atoms with van der Waals surface area (Å²) < 4.78 is 1.08. The van der Waals surface area contributed by atoms with Crippen molar-refractivity contribution in [3.05, 3.63) is 39.0 Å². The molecule has 2 rings (SSSR count). The van der Waals surface area contributed by atoms with E-state index in [2.05, 4.69) is 27.9 Å². The number of amides is 1. The van der Waals surface area contributed by atoms with Gasteiger partial charge in [0.25, 0.3) is 0 Å².